The van der Waals surface area contributed by atoms with E-state index in [0.717, 1.165) is 5.56 Å². The molecule has 2 amide bonds. The van der Waals surface area contributed by atoms with Gasteiger partial charge >= 0.3 is 12.0 Å². The summed E-state index contributed by atoms with van der Waals surface area (Å²) in [5, 5.41) is 9.79. The summed E-state index contributed by atoms with van der Waals surface area (Å²) in [5.41, 5.74) is 3.02. The Morgan fingerprint density at radius 2 is 1.82 bits per heavy atom. The number of nitrogens with zero attached hydrogens (tertiary/aromatic N) is 1. The zero-order chi connectivity index (χ0) is 24.0. The van der Waals surface area contributed by atoms with Crippen molar-refractivity contribution in [2.75, 3.05) is 38.0 Å². The van der Waals surface area contributed by atoms with E-state index in [1.807, 2.05) is 13.0 Å². The molecule has 3 N–H and O–H groups in total. The Morgan fingerprint density at radius 3 is 2.52 bits per heavy atom. The number of esters is 1. The predicted molar refractivity (Wildman–Crippen MR) is 132 cm³/mol. The van der Waals surface area contributed by atoms with Gasteiger partial charge in [-0.3, -0.25) is 0 Å². The lowest BCUT2D eigenvalue weighted by atomic mass is 9.95. The van der Waals surface area contributed by atoms with E-state index in [1.54, 1.807) is 54.4 Å². The highest BCUT2D eigenvalue weighted by atomic mass is 35.5. The van der Waals surface area contributed by atoms with Crippen LogP contribution in [0.25, 0.3) is 0 Å². The van der Waals surface area contributed by atoms with Gasteiger partial charge in [0.2, 0.25) is 0 Å². The number of allylic oxidation sites excluding steroid dienone is 1. The second-order valence-corrected chi connectivity index (χ2v) is 8.10. The largest absolute Gasteiger partial charge is 0.460 e. The van der Waals surface area contributed by atoms with Crippen molar-refractivity contribution in [2.45, 2.75) is 13.0 Å². The minimum Gasteiger partial charge on any atom is -0.460 e. The Balaban J connectivity index is 1.81. The van der Waals surface area contributed by atoms with Crippen LogP contribution in [0.2, 0.25) is 5.02 Å². The summed E-state index contributed by atoms with van der Waals surface area (Å²) in [6.07, 6.45) is 0. The van der Waals surface area contributed by atoms with Gasteiger partial charge in [-0.15, -0.1) is 0 Å². The Hall–Kier alpha value is -3.14. The zero-order valence-corrected chi connectivity index (χ0v) is 20.0. The first-order chi connectivity index (χ1) is 15.8. The van der Waals surface area contributed by atoms with Crippen molar-refractivity contribution in [3.8, 4) is 0 Å². The molecule has 8 nitrogen and oxygen atoms in total. The molecule has 0 aromatic heterocycles. The molecule has 0 aliphatic carbocycles. The Morgan fingerprint density at radius 1 is 1.12 bits per heavy atom. The first-order valence-electron chi connectivity index (χ1n) is 10.1. The van der Waals surface area contributed by atoms with E-state index < -0.39 is 18.0 Å². The number of hydrogen-bond acceptors (Lipinski definition) is 5. The predicted octanol–water partition coefficient (Wildman–Crippen LogP) is 4.31. The smallest absolute Gasteiger partial charge is 0.338 e. The molecule has 174 valence electrons. The van der Waals surface area contributed by atoms with E-state index in [2.05, 4.69) is 16.0 Å². The third kappa shape index (κ3) is 6.22. The third-order valence-electron chi connectivity index (χ3n) is 5.07. The molecule has 10 heteroatoms. The molecule has 2 aromatic rings. The average Bonchev–Trinajstić information content (AvgIpc) is 2.79. The van der Waals surface area contributed by atoms with E-state index in [9.17, 15) is 9.59 Å². The summed E-state index contributed by atoms with van der Waals surface area (Å²) in [5.74, 6) is -0.463. The zero-order valence-electron chi connectivity index (χ0n) is 18.5. The molecule has 1 aliphatic rings. The lowest BCUT2D eigenvalue weighted by molar-refractivity contribution is -0.140. The van der Waals surface area contributed by atoms with Crippen molar-refractivity contribution < 1.29 is 19.1 Å². The molecule has 0 radical (unpaired) electrons. The number of carbonyl (C=O) groups is 2. The first-order valence-corrected chi connectivity index (χ1v) is 10.9. The molecular formula is C23H25ClN4O4S. The fourth-order valence-electron chi connectivity index (χ4n) is 3.27. The van der Waals surface area contributed by atoms with E-state index in [4.69, 9.17) is 33.3 Å². The summed E-state index contributed by atoms with van der Waals surface area (Å²) < 4.78 is 10.3. The highest BCUT2D eigenvalue weighted by molar-refractivity contribution is 7.80. The van der Waals surface area contributed by atoms with Gasteiger partial charge < -0.3 is 30.3 Å². The SMILES string of the molecule is COCCOC(=O)C1=C(C)N(C)C(=S)NC1c1cccc(NC(=O)Nc2ccc(Cl)cc2)c1. The second-order valence-electron chi connectivity index (χ2n) is 7.28. The van der Waals surface area contributed by atoms with E-state index in [-0.39, 0.29) is 6.61 Å². The van der Waals surface area contributed by atoms with Crippen LogP contribution in [0.5, 0.6) is 0 Å². The summed E-state index contributed by atoms with van der Waals surface area (Å²) >= 11 is 11.3. The van der Waals surface area contributed by atoms with Gasteiger partial charge in [-0.25, -0.2) is 9.59 Å². The number of amides is 2. The van der Waals surface area contributed by atoms with E-state index in [0.29, 0.717) is 39.4 Å². The number of thiocarbonyl (C=S) groups is 1. The van der Waals surface area contributed by atoms with Crippen molar-refractivity contribution in [1.82, 2.24) is 10.2 Å². The minimum absolute atomic E-state index is 0.138. The van der Waals surface area contributed by atoms with Gasteiger partial charge in [0.05, 0.1) is 18.2 Å². The number of anilines is 2. The second kappa shape index (κ2) is 11.1. The number of rotatable bonds is 7. The Bertz CT molecular complexity index is 1070. The fourth-order valence-corrected chi connectivity index (χ4v) is 3.65. The fraction of sp³-hybridized carbons (Fsp3) is 0.261. The van der Waals surface area contributed by atoms with Crippen LogP contribution in [-0.4, -0.2) is 49.4 Å². The van der Waals surface area contributed by atoms with Gasteiger partial charge in [-0.05, 0) is 61.1 Å². The standard InChI is InChI=1S/C23H25ClN4O4S/c1-14-19(21(29)32-12-11-31-3)20(27-23(33)28(14)2)15-5-4-6-18(13-15)26-22(30)25-17-9-7-16(24)8-10-17/h4-10,13,20H,11-12H2,1-3H3,(H,27,33)(H2,25,26,30). The van der Waals surface area contributed by atoms with Crippen LogP contribution >= 0.6 is 23.8 Å². The summed E-state index contributed by atoms with van der Waals surface area (Å²) in [4.78, 5) is 27.0. The topological polar surface area (TPSA) is 91.9 Å². The molecular weight excluding hydrogens is 464 g/mol. The number of nitrogens with one attached hydrogen (secondary N) is 3. The highest BCUT2D eigenvalue weighted by Crippen LogP contribution is 2.32. The first kappa shape index (κ1) is 24.5. The molecule has 1 atom stereocenters. The molecule has 0 saturated heterocycles. The molecule has 3 rings (SSSR count). The molecule has 2 aromatic carbocycles. The number of halogens is 1. The van der Waals surface area contributed by atoms with Crippen LogP contribution in [0.1, 0.15) is 18.5 Å². The number of hydrogen-bond donors (Lipinski definition) is 3. The third-order valence-corrected chi connectivity index (χ3v) is 5.72. The lowest BCUT2D eigenvalue weighted by Crippen LogP contribution is -2.46. The average molecular weight is 489 g/mol. The molecule has 0 saturated carbocycles. The maximum absolute atomic E-state index is 12.9. The van der Waals surface area contributed by atoms with Crippen LogP contribution in [-0.2, 0) is 14.3 Å². The number of carbonyl (C=O) groups excluding carboxylic acids is 2. The van der Waals surface area contributed by atoms with Crippen molar-refractivity contribution in [3.05, 3.63) is 70.4 Å². The van der Waals surface area contributed by atoms with Crippen molar-refractivity contribution in [3.63, 3.8) is 0 Å². The van der Waals surface area contributed by atoms with Crippen LogP contribution < -0.4 is 16.0 Å². The quantitative estimate of drug-likeness (QED) is 0.304. The number of urea groups is 1. The van der Waals surface area contributed by atoms with Gasteiger partial charge in [0.25, 0.3) is 0 Å². The normalized spacial score (nSPS) is 15.7. The highest BCUT2D eigenvalue weighted by Gasteiger charge is 2.33. The summed E-state index contributed by atoms with van der Waals surface area (Å²) in [7, 11) is 3.32. The molecule has 1 unspecified atom stereocenters. The molecule has 0 spiro atoms. The van der Waals surface area contributed by atoms with E-state index >= 15 is 0 Å². The number of benzene rings is 2. The molecule has 1 heterocycles. The molecule has 33 heavy (non-hydrogen) atoms. The van der Waals surface area contributed by atoms with Gasteiger partial charge in [0.15, 0.2) is 5.11 Å². The monoisotopic (exact) mass is 488 g/mol. The Labute approximate surface area is 202 Å². The van der Waals surface area contributed by atoms with Gasteiger partial charge in [0, 0.05) is 36.3 Å². The molecule has 1 aliphatic heterocycles. The van der Waals surface area contributed by atoms with Crippen LogP contribution in [0.4, 0.5) is 16.2 Å². The van der Waals surface area contributed by atoms with Crippen LogP contribution in [0.15, 0.2) is 59.8 Å². The molecule has 0 fully saturated rings. The van der Waals surface area contributed by atoms with Crippen molar-refractivity contribution in [1.29, 1.82) is 0 Å². The van der Waals surface area contributed by atoms with E-state index in [1.165, 1.54) is 7.11 Å². The maximum atomic E-state index is 12.9. The van der Waals surface area contributed by atoms with Crippen molar-refractivity contribution in [2.24, 2.45) is 0 Å². The Kier molecular flexibility index (Phi) is 8.26. The van der Waals surface area contributed by atoms with Gasteiger partial charge in [-0.2, -0.15) is 0 Å². The molecule has 0 bridgehead atoms. The maximum Gasteiger partial charge on any atom is 0.338 e. The van der Waals surface area contributed by atoms with Crippen molar-refractivity contribution >= 4 is 52.3 Å². The van der Waals surface area contributed by atoms with Gasteiger partial charge in [0.1, 0.15) is 6.61 Å². The lowest BCUT2D eigenvalue weighted by Gasteiger charge is -2.35. The van der Waals surface area contributed by atoms with Crippen LogP contribution in [0, 0.1) is 0 Å². The number of ether oxygens (including phenoxy) is 2. The number of methoxy groups -OCH3 is 1. The minimum atomic E-state index is -0.537. The summed E-state index contributed by atoms with van der Waals surface area (Å²) in [6, 6.07) is 13.0. The van der Waals surface area contributed by atoms with Gasteiger partial charge in [-0.1, -0.05) is 23.7 Å². The summed E-state index contributed by atoms with van der Waals surface area (Å²) in [6.45, 7) is 2.25. The van der Waals surface area contributed by atoms with Crippen LogP contribution in [0.3, 0.4) is 0 Å².